The summed E-state index contributed by atoms with van der Waals surface area (Å²) >= 11 is 0. The van der Waals surface area contributed by atoms with E-state index in [1.54, 1.807) is 0 Å². The number of aromatic nitrogens is 2. The van der Waals surface area contributed by atoms with Crippen molar-refractivity contribution in [3.63, 3.8) is 0 Å². The number of fused-ring (bicyclic) bond motifs is 2. The third-order valence-electron chi connectivity index (χ3n) is 5.16. The van der Waals surface area contributed by atoms with Crippen LogP contribution in [-0.2, 0) is 19.5 Å². The van der Waals surface area contributed by atoms with E-state index in [4.69, 9.17) is 0 Å². The van der Waals surface area contributed by atoms with E-state index >= 15 is 0 Å². The Morgan fingerprint density at radius 2 is 2.25 bits per heavy atom. The smallest absolute Gasteiger partial charge is 0.124 e. The number of nitrogens with one attached hydrogen (secondary N) is 2. The molecule has 5 heteroatoms. The summed E-state index contributed by atoms with van der Waals surface area (Å²) in [5.41, 5.74) is 5.38. The summed E-state index contributed by atoms with van der Waals surface area (Å²) in [7, 11) is 2.19. The minimum atomic E-state index is 0.584. The Hall–Kier alpha value is -2.01. The first kappa shape index (κ1) is 15.5. The van der Waals surface area contributed by atoms with Gasteiger partial charge in [0.1, 0.15) is 5.82 Å². The van der Waals surface area contributed by atoms with Crippen molar-refractivity contribution in [1.29, 1.82) is 0 Å². The molecule has 0 bridgehead atoms. The van der Waals surface area contributed by atoms with Crippen LogP contribution in [0.3, 0.4) is 0 Å². The fourth-order valence-corrected chi connectivity index (χ4v) is 3.89. The first-order chi connectivity index (χ1) is 11.7. The molecule has 0 spiro atoms. The van der Waals surface area contributed by atoms with E-state index in [1.165, 1.54) is 36.2 Å². The zero-order chi connectivity index (χ0) is 16.5. The van der Waals surface area contributed by atoms with E-state index in [9.17, 15) is 0 Å². The lowest BCUT2D eigenvalue weighted by Gasteiger charge is -2.28. The van der Waals surface area contributed by atoms with Gasteiger partial charge in [-0.15, -0.1) is 0 Å². The van der Waals surface area contributed by atoms with Crippen LogP contribution >= 0.6 is 0 Å². The average molecular weight is 325 g/mol. The van der Waals surface area contributed by atoms with Gasteiger partial charge in [0.05, 0.1) is 5.69 Å². The maximum Gasteiger partial charge on any atom is 0.124 e. The molecule has 0 saturated carbocycles. The molecule has 1 aromatic carbocycles. The van der Waals surface area contributed by atoms with Crippen LogP contribution in [0.2, 0.25) is 0 Å². The summed E-state index contributed by atoms with van der Waals surface area (Å²) < 4.78 is 2.10. The highest BCUT2D eigenvalue weighted by Gasteiger charge is 2.19. The van der Waals surface area contributed by atoms with E-state index in [0.717, 1.165) is 37.7 Å². The molecule has 128 valence electrons. The van der Waals surface area contributed by atoms with Crippen LogP contribution in [0.1, 0.15) is 23.2 Å². The average Bonchev–Trinajstić information content (AvgIpc) is 2.94. The number of aryl methyl sites for hydroxylation is 2. The number of rotatable bonds is 4. The summed E-state index contributed by atoms with van der Waals surface area (Å²) in [6.45, 7) is 7.20. The number of hydrogen-bond donors (Lipinski definition) is 2. The summed E-state index contributed by atoms with van der Waals surface area (Å²) in [4.78, 5) is 2.37. The van der Waals surface area contributed by atoms with Crippen LogP contribution in [0, 0.1) is 12.8 Å². The number of benzene rings is 1. The van der Waals surface area contributed by atoms with E-state index < -0.39 is 0 Å². The van der Waals surface area contributed by atoms with Gasteiger partial charge in [-0.25, -0.2) is 4.68 Å². The molecule has 0 saturated heterocycles. The van der Waals surface area contributed by atoms with E-state index in [0.29, 0.717) is 5.92 Å². The second-order valence-electron chi connectivity index (χ2n) is 7.22. The Bertz CT molecular complexity index is 721. The zero-order valence-corrected chi connectivity index (χ0v) is 14.7. The summed E-state index contributed by atoms with van der Waals surface area (Å²) in [5, 5.41) is 11.7. The highest BCUT2D eigenvalue weighted by Crippen LogP contribution is 2.26. The molecule has 0 fully saturated rings. The summed E-state index contributed by atoms with van der Waals surface area (Å²) in [6.07, 6.45) is 2.47. The van der Waals surface area contributed by atoms with Crippen molar-refractivity contribution < 1.29 is 0 Å². The first-order valence-electron chi connectivity index (χ1n) is 9.01. The minimum Gasteiger partial charge on any atom is -0.374 e. The molecule has 2 aliphatic rings. The third-order valence-corrected chi connectivity index (χ3v) is 5.16. The monoisotopic (exact) mass is 325 g/mol. The molecular formula is C19H27N5. The Morgan fingerprint density at radius 1 is 1.33 bits per heavy atom. The molecule has 0 unspecified atom stereocenters. The molecule has 2 aliphatic heterocycles. The Balaban J connectivity index is 1.32. The van der Waals surface area contributed by atoms with Gasteiger partial charge in [0.15, 0.2) is 0 Å². The molecule has 1 aromatic heterocycles. The van der Waals surface area contributed by atoms with Gasteiger partial charge >= 0.3 is 0 Å². The van der Waals surface area contributed by atoms with Crippen LogP contribution < -0.4 is 15.5 Å². The molecule has 24 heavy (non-hydrogen) atoms. The van der Waals surface area contributed by atoms with Gasteiger partial charge < -0.3 is 15.5 Å². The largest absolute Gasteiger partial charge is 0.374 e. The van der Waals surface area contributed by atoms with Crippen molar-refractivity contribution in [3.05, 3.63) is 41.1 Å². The number of anilines is 2. The van der Waals surface area contributed by atoms with Crippen LogP contribution in [-0.4, -0.2) is 36.5 Å². The van der Waals surface area contributed by atoms with Gasteiger partial charge in [0, 0.05) is 57.4 Å². The topological polar surface area (TPSA) is 45.1 Å². The number of hydrogen-bond acceptors (Lipinski definition) is 4. The van der Waals surface area contributed by atoms with Crippen molar-refractivity contribution in [2.24, 2.45) is 5.92 Å². The van der Waals surface area contributed by atoms with Crippen molar-refractivity contribution in [1.82, 2.24) is 15.1 Å². The molecule has 2 aromatic rings. The van der Waals surface area contributed by atoms with E-state index in [2.05, 4.69) is 56.6 Å². The second kappa shape index (κ2) is 6.48. The van der Waals surface area contributed by atoms with Crippen molar-refractivity contribution >= 4 is 11.5 Å². The zero-order valence-electron chi connectivity index (χ0n) is 14.7. The lowest BCUT2D eigenvalue weighted by Crippen LogP contribution is -2.35. The predicted octanol–water partition coefficient (Wildman–Crippen LogP) is 2.41. The molecule has 0 aliphatic carbocycles. The van der Waals surface area contributed by atoms with Crippen molar-refractivity contribution in [2.45, 2.75) is 32.9 Å². The van der Waals surface area contributed by atoms with Gasteiger partial charge in [0.2, 0.25) is 0 Å². The maximum atomic E-state index is 4.54. The molecule has 0 radical (unpaired) electrons. The molecule has 5 nitrogen and oxygen atoms in total. The van der Waals surface area contributed by atoms with Crippen LogP contribution in [0.25, 0.3) is 0 Å². The highest BCUT2D eigenvalue weighted by molar-refractivity contribution is 5.56. The number of nitrogens with zero attached hydrogens (tertiary/aromatic N) is 3. The molecule has 0 amide bonds. The lowest BCUT2D eigenvalue weighted by atomic mass is 9.99. The summed E-state index contributed by atoms with van der Waals surface area (Å²) in [5.74, 6) is 1.74. The molecule has 4 rings (SSSR count). The van der Waals surface area contributed by atoms with Gasteiger partial charge in [-0.05, 0) is 37.0 Å². The first-order valence-corrected chi connectivity index (χ1v) is 9.01. The fraction of sp³-hybridized carbons (Fsp3) is 0.526. The van der Waals surface area contributed by atoms with Crippen LogP contribution in [0.5, 0.6) is 0 Å². The lowest BCUT2D eigenvalue weighted by molar-refractivity contribution is 0.390. The maximum absolute atomic E-state index is 4.54. The Morgan fingerprint density at radius 3 is 3.17 bits per heavy atom. The third kappa shape index (κ3) is 3.13. The van der Waals surface area contributed by atoms with Crippen LogP contribution in [0.4, 0.5) is 11.5 Å². The van der Waals surface area contributed by atoms with Gasteiger partial charge in [0.25, 0.3) is 0 Å². The highest BCUT2D eigenvalue weighted by atomic mass is 15.3. The second-order valence-corrected chi connectivity index (χ2v) is 7.22. The van der Waals surface area contributed by atoms with Crippen molar-refractivity contribution in [2.75, 3.05) is 36.9 Å². The predicted molar refractivity (Wildman–Crippen MR) is 98.7 cm³/mol. The standard InChI is InChI=1S/C19H27N5/c1-14-8-19-21-12-16(13-24(19)22-14)11-20-10-15-5-6-18-17(9-15)4-3-7-23(18)2/h5-6,8-9,16,20-21H,3-4,7,10-13H2,1-2H3/t16-/m0/s1. The van der Waals surface area contributed by atoms with Crippen molar-refractivity contribution in [3.8, 4) is 0 Å². The SMILES string of the molecule is Cc1cc2n(n1)C[C@@H](CNCc1ccc3c(c1)CCCN3C)CN2. The van der Waals surface area contributed by atoms with E-state index in [1.807, 2.05) is 6.92 Å². The Kier molecular flexibility index (Phi) is 4.19. The molecule has 1 atom stereocenters. The van der Waals surface area contributed by atoms with Crippen LogP contribution in [0.15, 0.2) is 24.3 Å². The molecular weight excluding hydrogens is 298 g/mol. The minimum absolute atomic E-state index is 0.584. The van der Waals surface area contributed by atoms with Gasteiger partial charge in [-0.3, -0.25) is 0 Å². The normalized spacial score (nSPS) is 19.6. The fourth-order valence-electron chi connectivity index (χ4n) is 3.89. The van der Waals surface area contributed by atoms with Gasteiger partial charge in [-0.2, -0.15) is 5.10 Å². The Labute approximate surface area is 144 Å². The van der Waals surface area contributed by atoms with Gasteiger partial charge in [-0.1, -0.05) is 12.1 Å². The summed E-state index contributed by atoms with van der Waals surface area (Å²) in [6, 6.07) is 9.05. The molecule has 2 N–H and O–H groups in total. The quantitative estimate of drug-likeness (QED) is 0.906. The van der Waals surface area contributed by atoms with E-state index in [-0.39, 0.29) is 0 Å². The molecule has 3 heterocycles.